The lowest BCUT2D eigenvalue weighted by molar-refractivity contribution is 0.0697. The summed E-state index contributed by atoms with van der Waals surface area (Å²) in [4.78, 5) is 12.2. The van der Waals surface area contributed by atoms with E-state index in [1.165, 1.54) is 11.3 Å². The first-order valence-electron chi connectivity index (χ1n) is 5.98. The molecule has 2 aromatic heterocycles. The van der Waals surface area contributed by atoms with Gasteiger partial charge in [0.05, 0.1) is 4.88 Å². The van der Waals surface area contributed by atoms with Crippen LogP contribution in [0.25, 0.3) is 10.6 Å². The molecule has 0 radical (unpaired) electrons. The summed E-state index contributed by atoms with van der Waals surface area (Å²) in [5.41, 5.74) is 1.95. The van der Waals surface area contributed by atoms with Crippen LogP contribution in [0.1, 0.15) is 35.7 Å². The lowest BCUT2D eigenvalue weighted by Gasteiger charge is -1.98. The van der Waals surface area contributed by atoms with Crippen LogP contribution >= 0.6 is 11.3 Å². The summed E-state index contributed by atoms with van der Waals surface area (Å²) in [6, 6.07) is 1.98. The number of hydrogen-bond acceptors (Lipinski definition) is 3. The van der Waals surface area contributed by atoms with Crippen molar-refractivity contribution in [1.29, 1.82) is 0 Å². The van der Waals surface area contributed by atoms with Gasteiger partial charge in [0.15, 0.2) is 0 Å². The molecule has 2 rings (SSSR count). The molecule has 0 amide bonds. The molecule has 0 fully saturated rings. The summed E-state index contributed by atoms with van der Waals surface area (Å²) < 4.78 is 1.74. The SMILES string of the molecule is CCCCn1cc(C(=O)O)c(-c2sccc2C)n1. The van der Waals surface area contributed by atoms with E-state index in [2.05, 4.69) is 12.0 Å². The van der Waals surface area contributed by atoms with Gasteiger partial charge >= 0.3 is 5.97 Å². The summed E-state index contributed by atoms with van der Waals surface area (Å²) in [5.74, 6) is -0.916. The lowest BCUT2D eigenvalue weighted by atomic mass is 10.2. The van der Waals surface area contributed by atoms with Crippen LogP contribution < -0.4 is 0 Å². The van der Waals surface area contributed by atoms with Crippen LogP contribution in [-0.4, -0.2) is 20.9 Å². The second kappa shape index (κ2) is 5.35. The maximum Gasteiger partial charge on any atom is 0.339 e. The van der Waals surface area contributed by atoms with E-state index in [4.69, 9.17) is 0 Å². The molecule has 4 nitrogen and oxygen atoms in total. The number of aryl methyl sites for hydroxylation is 2. The Morgan fingerprint density at radius 1 is 1.56 bits per heavy atom. The van der Waals surface area contributed by atoms with Crippen molar-refractivity contribution in [3.8, 4) is 10.6 Å². The zero-order valence-corrected chi connectivity index (χ0v) is 11.3. The predicted molar refractivity (Wildman–Crippen MR) is 72.1 cm³/mol. The highest BCUT2D eigenvalue weighted by Gasteiger charge is 2.19. The fraction of sp³-hybridized carbons (Fsp3) is 0.385. The minimum absolute atomic E-state index is 0.289. The van der Waals surface area contributed by atoms with E-state index < -0.39 is 5.97 Å². The van der Waals surface area contributed by atoms with Gasteiger partial charge in [-0.1, -0.05) is 13.3 Å². The number of carboxylic acid groups (broad SMARTS) is 1. The Morgan fingerprint density at radius 2 is 2.33 bits per heavy atom. The Labute approximate surface area is 110 Å². The van der Waals surface area contributed by atoms with E-state index in [0.29, 0.717) is 5.69 Å². The van der Waals surface area contributed by atoms with Crippen molar-refractivity contribution in [2.45, 2.75) is 33.2 Å². The van der Waals surface area contributed by atoms with Gasteiger partial charge in [0.2, 0.25) is 0 Å². The fourth-order valence-corrected chi connectivity index (χ4v) is 2.72. The van der Waals surface area contributed by atoms with Crippen LogP contribution in [-0.2, 0) is 6.54 Å². The van der Waals surface area contributed by atoms with Crippen molar-refractivity contribution in [2.24, 2.45) is 0 Å². The Balaban J connectivity index is 2.42. The molecule has 0 aliphatic heterocycles. The normalized spacial score (nSPS) is 10.8. The van der Waals surface area contributed by atoms with Gasteiger partial charge in [0.25, 0.3) is 0 Å². The standard InChI is InChI=1S/C13H16N2O2S/c1-3-4-6-15-8-10(13(16)17)11(14-15)12-9(2)5-7-18-12/h5,7-8H,3-4,6H2,1-2H3,(H,16,17). The van der Waals surface area contributed by atoms with E-state index in [1.54, 1.807) is 10.9 Å². The first-order valence-corrected chi connectivity index (χ1v) is 6.86. The number of unbranched alkanes of at least 4 members (excludes halogenated alkanes) is 1. The van der Waals surface area contributed by atoms with Crippen LogP contribution in [0.2, 0.25) is 0 Å². The number of aromatic nitrogens is 2. The Morgan fingerprint density at radius 3 is 2.89 bits per heavy atom. The molecule has 0 bridgehead atoms. The molecule has 0 saturated carbocycles. The highest BCUT2D eigenvalue weighted by molar-refractivity contribution is 7.13. The molecule has 0 aliphatic carbocycles. The number of thiophene rings is 1. The third-order valence-corrected chi connectivity index (χ3v) is 3.83. The van der Waals surface area contributed by atoms with Crippen molar-refractivity contribution in [3.05, 3.63) is 28.8 Å². The first kappa shape index (κ1) is 12.8. The van der Waals surface area contributed by atoms with Crippen LogP contribution in [0.4, 0.5) is 0 Å². The smallest absolute Gasteiger partial charge is 0.339 e. The number of aromatic carboxylic acids is 1. The molecule has 2 aromatic rings. The van der Waals surface area contributed by atoms with Gasteiger partial charge < -0.3 is 5.11 Å². The van der Waals surface area contributed by atoms with Gasteiger partial charge in [-0.25, -0.2) is 4.79 Å². The second-order valence-electron chi connectivity index (χ2n) is 4.25. The molecule has 0 spiro atoms. The number of nitrogens with zero attached hydrogens (tertiary/aromatic N) is 2. The zero-order chi connectivity index (χ0) is 13.1. The first-order chi connectivity index (χ1) is 8.63. The van der Waals surface area contributed by atoms with Crippen molar-refractivity contribution >= 4 is 17.3 Å². The lowest BCUT2D eigenvalue weighted by Crippen LogP contribution is -1.98. The maximum absolute atomic E-state index is 11.3. The number of hydrogen-bond donors (Lipinski definition) is 1. The minimum Gasteiger partial charge on any atom is -0.478 e. The highest BCUT2D eigenvalue weighted by atomic mass is 32.1. The summed E-state index contributed by atoms with van der Waals surface area (Å²) in [6.45, 7) is 4.84. The van der Waals surface area contributed by atoms with Gasteiger partial charge in [0, 0.05) is 12.7 Å². The van der Waals surface area contributed by atoms with Crippen molar-refractivity contribution in [1.82, 2.24) is 9.78 Å². The molecule has 5 heteroatoms. The maximum atomic E-state index is 11.3. The van der Waals surface area contributed by atoms with Gasteiger partial charge in [-0.15, -0.1) is 11.3 Å². The van der Waals surface area contributed by atoms with Crippen molar-refractivity contribution in [2.75, 3.05) is 0 Å². The average Bonchev–Trinajstić information content (AvgIpc) is 2.92. The number of carboxylic acids is 1. The molecule has 0 unspecified atom stereocenters. The van der Waals surface area contributed by atoms with Gasteiger partial charge in [0.1, 0.15) is 11.3 Å². The summed E-state index contributed by atoms with van der Waals surface area (Å²) in [5, 5.41) is 15.6. The quantitative estimate of drug-likeness (QED) is 0.900. The Kier molecular flexibility index (Phi) is 3.81. The topological polar surface area (TPSA) is 55.1 Å². The molecular formula is C13H16N2O2S. The van der Waals surface area contributed by atoms with Crippen LogP contribution in [0.3, 0.4) is 0 Å². The zero-order valence-electron chi connectivity index (χ0n) is 10.5. The van der Waals surface area contributed by atoms with E-state index in [0.717, 1.165) is 29.8 Å². The second-order valence-corrected chi connectivity index (χ2v) is 5.16. The van der Waals surface area contributed by atoms with E-state index in [-0.39, 0.29) is 5.56 Å². The van der Waals surface area contributed by atoms with Crippen LogP contribution in [0, 0.1) is 6.92 Å². The third-order valence-electron chi connectivity index (χ3n) is 2.81. The predicted octanol–water partition coefficient (Wildman–Crippen LogP) is 3.42. The molecule has 0 aliphatic rings. The molecule has 0 aromatic carbocycles. The van der Waals surface area contributed by atoms with Gasteiger partial charge in [-0.2, -0.15) is 5.10 Å². The minimum atomic E-state index is -0.916. The summed E-state index contributed by atoms with van der Waals surface area (Å²) >= 11 is 1.53. The summed E-state index contributed by atoms with van der Waals surface area (Å²) in [7, 11) is 0. The van der Waals surface area contributed by atoms with Gasteiger partial charge in [-0.05, 0) is 30.4 Å². The fourth-order valence-electron chi connectivity index (χ4n) is 1.80. The van der Waals surface area contributed by atoms with Crippen LogP contribution in [0.15, 0.2) is 17.6 Å². The Bertz CT molecular complexity index is 557. The third kappa shape index (κ3) is 2.46. The van der Waals surface area contributed by atoms with Crippen LogP contribution in [0.5, 0.6) is 0 Å². The van der Waals surface area contributed by atoms with Crippen molar-refractivity contribution < 1.29 is 9.90 Å². The number of carbonyl (C=O) groups is 1. The Hall–Kier alpha value is -1.62. The molecular weight excluding hydrogens is 248 g/mol. The molecule has 2 heterocycles. The largest absolute Gasteiger partial charge is 0.478 e. The highest BCUT2D eigenvalue weighted by Crippen LogP contribution is 2.30. The van der Waals surface area contributed by atoms with Crippen molar-refractivity contribution in [3.63, 3.8) is 0 Å². The van der Waals surface area contributed by atoms with E-state index in [1.807, 2.05) is 18.4 Å². The number of rotatable bonds is 5. The monoisotopic (exact) mass is 264 g/mol. The molecule has 0 saturated heterocycles. The summed E-state index contributed by atoms with van der Waals surface area (Å²) in [6.07, 6.45) is 3.70. The molecule has 96 valence electrons. The molecule has 0 atom stereocenters. The van der Waals surface area contributed by atoms with E-state index >= 15 is 0 Å². The molecule has 18 heavy (non-hydrogen) atoms. The van der Waals surface area contributed by atoms with Gasteiger partial charge in [-0.3, -0.25) is 4.68 Å². The van der Waals surface area contributed by atoms with E-state index in [9.17, 15) is 9.90 Å². The molecule has 1 N–H and O–H groups in total. The average molecular weight is 264 g/mol.